The van der Waals surface area contributed by atoms with Crippen LogP contribution in [0.4, 0.5) is 0 Å². The third-order valence-corrected chi connectivity index (χ3v) is 4.73. The average Bonchev–Trinajstić information content (AvgIpc) is 2.68. The number of thiazole rings is 1. The van der Waals surface area contributed by atoms with Gasteiger partial charge in [0.1, 0.15) is 0 Å². The molecule has 0 saturated carbocycles. The summed E-state index contributed by atoms with van der Waals surface area (Å²) in [6.07, 6.45) is 1.51. The lowest BCUT2D eigenvalue weighted by atomic mass is 10.4. The number of rotatable bonds is 4. The first-order chi connectivity index (χ1) is 8.54. The van der Waals surface area contributed by atoms with E-state index in [4.69, 9.17) is 23.2 Å². The van der Waals surface area contributed by atoms with Gasteiger partial charge in [-0.15, -0.1) is 11.3 Å². The molecule has 0 fully saturated rings. The first kappa shape index (κ1) is 13.9. The summed E-state index contributed by atoms with van der Waals surface area (Å²) in [5, 5.41) is 3.82. The largest absolute Gasteiger partial charge is 0.259 e. The summed E-state index contributed by atoms with van der Waals surface area (Å²) in [7, 11) is -1.07. The molecule has 2 aromatic rings. The Kier molecular flexibility index (Phi) is 4.72. The van der Waals surface area contributed by atoms with Gasteiger partial charge in [0, 0.05) is 22.4 Å². The van der Waals surface area contributed by atoms with Gasteiger partial charge in [-0.2, -0.15) is 0 Å². The van der Waals surface area contributed by atoms with E-state index in [1.54, 1.807) is 17.4 Å². The molecule has 0 aliphatic rings. The molecule has 0 bridgehead atoms. The van der Waals surface area contributed by atoms with Gasteiger partial charge in [0.05, 0.1) is 37.9 Å². The van der Waals surface area contributed by atoms with Crippen molar-refractivity contribution in [1.29, 1.82) is 0 Å². The van der Waals surface area contributed by atoms with Gasteiger partial charge in [0.2, 0.25) is 0 Å². The molecule has 3 nitrogen and oxygen atoms in total. The van der Waals surface area contributed by atoms with E-state index in [-0.39, 0.29) is 0 Å². The third-order valence-electron chi connectivity index (χ3n) is 2.16. The zero-order chi connectivity index (χ0) is 13.1. The summed E-state index contributed by atoms with van der Waals surface area (Å²) in [5.41, 5.74) is 1.45. The molecule has 0 N–H and O–H groups in total. The van der Waals surface area contributed by atoms with Crippen molar-refractivity contribution in [2.45, 2.75) is 18.4 Å². The molecule has 0 saturated heterocycles. The van der Waals surface area contributed by atoms with Gasteiger partial charge in [-0.1, -0.05) is 23.2 Å². The Morgan fingerprint density at radius 3 is 2.78 bits per heavy atom. The van der Waals surface area contributed by atoms with E-state index in [2.05, 4.69) is 9.97 Å². The van der Waals surface area contributed by atoms with Crippen molar-refractivity contribution in [2.24, 2.45) is 0 Å². The molecule has 0 aliphatic heterocycles. The summed E-state index contributed by atoms with van der Waals surface area (Å²) in [6, 6.07) is 1.61. The minimum absolute atomic E-state index is 0.312. The van der Waals surface area contributed by atoms with Crippen LogP contribution in [0.2, 0.25) is 10.0 Å². The van der Waals surface area contributed by atoms with Crippen molar-refractivity contribution in [3.8, 4) is 0 Å². The van der Waals surface area contributed by atoms with Crippen LogP contribution >= 0.6 is 34.5 Å². The second-order valence-corrected chi connectivity index (χ2v) is 7.03. The average molecular weight is 321 g/mol. The SMILES string of the molecule is Cc1nc(C[S@](=O)Cc2ncc(Cl)cc2Cl)cs1. The van der Waals surface area contributed by atoms with Crippen LogP contribution < -0.4 is 0 Å². The predicted octanol–water partition coefficient (Wildman–Crippen LogP) is 3.60. The minimum atomic E-state index is -1.07. The van der Waals surface area contributed by atoms with Crippen LogP contribution in [0.3, 0.4) is 0 Å². The fraction of sp³-hybridized carbons (Fsp3) is 0.273. The van der Waals surface area contributed by atoms with Gasteiger partial charge >= 0.3 is 0 Å². The second kappa shape index (κ2) is 6.10. The number of nitrogens with zero attached hydrogens (tertiary/aromatic N) is 2. The van der Waals surface area contributed by atoms with Crippen LogP contribution in [-0.4, -0.2) is 14.2 Å². The highest BCUT2D eigenvalue weighted by Gasteiger charge is 2.10. The lowest BCUT2D eigenvalue weighted by Gasteiger charge is -2.03. The molecule has 96 valence electrons. The van der Waals surface area contributed by atoms with Gasteiger partial charge in [0.25, 0.3) is 0 Å². The molecule has 18 heavy (non-hydrogen) atoms. The highest BCUT2D eigenvalue weighted by atomic mass is 35.5. The van der Waals surface area contributed by atoms with Crippen LogP contribution in [-0.2, 0) is 22.3 Å². The fourth-order valence-electron chi connectivity index (χ4n) is 1.39. The van der Waals surface area contributed by atoms with Gasteiger partial charge in [-0.25, -0.2) is 4.98 Å². The highest BCUT2D eigenvalue weighted by Crippen LogP contribution is 2.20. The lowest BCUT2D eigenvalue weighted by Crippen LogP contribution is -2.02. The monoisotopic (exact) mass is 320 g/mol. The molecular weight excluding hydrogens is 311 g/mol. The summed E-state index contributed by atoms with van der Waals surface area (Å²) in [4.78, 5) is 8.37. The quantitative estimate of drug-likeness (QED) is 0.864. The molecule has 1 atom stereocenters. The molecule has 0 spiro atoms. The molecule has 2 aromatic heterocycles. The minimum Gasteiger partial charge on any atom is -0.259 e. The number of halogens is 2. The van der Waals surface area contributed by atoms with Crippen LogP contribution in [0.1, 0.15) is 16.4 Å². The maximum Gasteiger partial charge on any atom is 0.0897 e. The highest BCUT2D eigenvalue weighted by molar-refractivity contribution is 7.83. The molecule has 0 amide bonds. The van der Waals surface area contributed by atoms with E-state index >= 15 is 0 Å². The van der Waals surface area contributed by atoms with Crippen LogP contribution in [0.5, 0.6) is 0 Å². The molecule has 2 heterocycles. The van der Waals surface area contributed by atoms with E-state index in [1.165, 1.54) is 6.20 Å². The smallest absolute Gasteiger partial charge is 0.0897 e. The number of aryl methyl sites for hydroxylation is 1. The number of pyridine rings is 1. The van der Waals surface area contributed by atoms with Crippen LogP contribution in [0.25, 0.3) is 0 Å². The topological polar surface area (TPSA) is 42.9 Å². The molecular formula is C11H10Cl2N2OS2. The third kappa shape index (κ3) is 3.75. The van der Waals surface area contributed by atoms with Gasteiger partial charge in [0.15, 0.2) is 0 Å². The van der Waals surface area contributed by atoms with E-state index in [0.717, 1.165) is 10.7 Å². The zero-order valence-corrected chi connectivity index (χ0v) is 12.7. The maximum atomic E-state index is 12.0. The fourth-order valence-corrected chi connectivity index (χ4v) is 3.75. The Morgan fingerprint density at radius 2 is 2.17 bits per heavy atom. The second-order valence-electron chi connectivity index (χ2n) is 3.67. The van der Waals surface area contributed by atoms with Crippen molar-refractivity contribution in [3.63, 3.8) is 0 Å². The standard InChI is InChI=1S/C11H10Cl2N2OS2/c1-7-15-9(4-17-7)5-18(16)6-11-10(13)2-8(12)3-14-11/h2-4H,5-6H2,1H3/t18-/m0/s1. The molecule has 0 radical (unpaired) electrons. The normalized spacial score (nSPS) is 12.6. The zero-order valence-electron chi connectivity index (χ0n) is 9.52. The Labute approximate surface area is 122 Å². The van der Waals surface area contributed by atoms with Crippen molar-refractivity contribution >= 4 is 45.3 Å². The van der Waals surface area contributed by atoms with E-state index in [9.17, 15) is 4.21 Å². The van der Waals surface area contributed by atoms with E-state index < -0.39 is 10.8 Å². The molecule has 2 rings (SSSR count). The Bertz CT molecular complexity index is 586. The first-order valence-electron chi connectivity index (χ1n) is 5.10. The predicted molar refractivity (Wildman–Crippen MR) is 76.7 cm³/mol. The first-order valence-corrected chi connectivity index (χ1v) is 8.23. The number of hydrogen-bond acceptors (Lipinski definition) is 4. The Morgan fingerprint density at radius 1 is 1.39 bits per heavy atom. The molecule has 0 aliphatic carbocycles. The van der Waals surface area contributed by atoms with Gasteiger partial charge in [-0.05, 0) is 13.0 Å². The molecule has 0 unspecified atom stereocenters. The summed E-state index contributed by atoms with van der Waals surface area (Å²) < 4.78 is 12.0. The van der Waals surface area contributed by atoms with Gasteiger partial charge < -0.3 is 0 Å². The van der Waals surface area contributed by atoms with Crippen LogP contribution in [0, 0.1) is 6.92 Å². The van der Waals surface area contributed by atoms with Crippen LogP contribution in [0.15, 0.2) is 17.6 Å². The summed E-state index contributed by atoms with van der Waals surface area (Å²) in [6.45, 7) is 1.93. The van der Waals surface area contributed by atoms with E-state index in [1.807, 2.05) is 12.3 Å². The lowest BCUT2D eigenvalue weighted by molar-refractivity contribution is 0.681. The van der Waals surface area contributed by atoms with Crippen molar-refractivity contribution in [3.05, 3.63) is 44.1 Å². The van der Waals surface area contributed by atoms with Gasteiger partial charge in [-0.3, -0.25) is 9.19 Å². The summed E-state index contributed by atoms with van der Waals surface area (Å²) in [5.74, 6) is 0.734. The molecule has 7 heteroatoms. The Balaban J connectivity index is 2.03. The Hall–Kier alpha value is -0.490. The van der Waals surface area contributed by atoms with Crippen molar-refractivity contribution in [1.82, 2.24) is 9.97 Å². The number of hydrogen-bond donors (Lipinski definition) is 0. The number of aromatic nitrogens is 2. The molecule has 0 aromatic carbocycles. The van der Waals surface area contributed by atoms with E-state index in [0.29, 0.717) is 27.2 Å². The maximum absolute atomic E-state index is 12.0. The van der Waals surface area contributed by atoms with Crippen molar-refractivity contribution in [2.75, 3.05) is 0 Å². The summed E-state index contributed by atoms with van der Waals surface area (Å²) >= 11 is 13.3. The van der Waals surface area contributed by atoms with Crippen molar-refractivity contribution < 1.29 is 4.21 Å².